The van der Waals surface area contributed by atoms with Gasteiger partial charge in [0, 0.05) is 25.7 Å². The molecule has 0 aliphatic heterocycles. The van der Waals surface area contributed by atoms with Gasteiger partial charge in [-0.1, -0.05) is 343 Å². The highest BCUT2D eigenvalue weighted by atomic mass is 31.2. The van der Waals surface area contributed by atoms with Crippen molar-refractivity contribution in [2.75, 3.05) is 39.6 Å². The van der Waals surface area contributed by atoms with Crippen molar-refractivity contribution in [3.63, 3.8) is 0 Å². The number of unbranched alkanes of at least 4 members (excludes halogenated alkanes) is 46. The van der Waals surface area contributed by atoms with Gasteiger partial charge < -0.3 is 33.8 Å². The van der Waals surface area contributed by atoms with Crippen molar-refractivity contribution in [1.29, 1.82) is 0 Å². The van der Waals surface area contributed by atoms with E-state index < -0.39 is 97.5 Å². The van der Waals surface area contributed by atoms with Crippen molar-refractivity contribution in [2.45, 2.75) is 412 Å². The van der Waals surface area contributed by atoms with Gasteiger partial charge in [-0.05, 0) is 31.6 Å². The molecular weight excluding hydrogens is 1230 g/mol. The van der Waals surface area contributed by atoms with Crippen LogP contribution in [-0.2, 0) is 65.4 Å². The van der Waals surface area contributed by atoms with Gasteiger partial charge in [0.2, 0.25) is 0 Å². The van der Waals surface area contributed by atoms with Crippen LogP contribution in [0.3, 0.4) is 0 Å². The third-order valence-corrected chi connectivity index (χ3v) is 19.8. The average molecular weight is 1380 g/mol. The molecule has 0 fully saturated rings. The highest BCUT2D eigenvalue weighted by molar-refractivity contribution is 7.47. The zero-order chi connectivity index (χ0) is 69.1. The van der Waals surface area contributed by atoms with Gasteiger partial charge in [-0.15, -0.1) is 0 Å². The first-order chi connectivity index (χ1) is 45.6. The molecule has 0 aliphatic carbocycles. The number of ether oxygens (including phenoxy) is 4. The van der Waals surface area contributed by atoms with Crippen LogP contribution in [0.15, 0.2) is 0 Å². The van der Waals surface area contributed by atoms with E-state index in [0.717, 1.165) is 102 Å². The fourth-order valence-electron chi connectivity index (χ4n) is 11.5. The summed E-state index contributed by atoms with van der Waals surface area (Å²) in [5.74, 6) is -1.38. The standard InChI is InChI=1S/C75H146O17P2/c1-6-10-13-16-19-22-25-27-28-29-30-31-32-33-35-38-41-44-51-56-61-75(80)91-70(64-85-72(77)58-53-48-42-39-37-34-26-23-20-17-14-11-7-2)66-89-93(81,82)87-62-69(76)63-88-94(83,84)90-67-71(65-86-73(78)59-54-49-46-45-47-52-57-68(5)9-4)92-74(79)60-55-50-43-40-36-24-21-18-15-12-8-3/h68-71,76H,6-67H2,1-5H3,(H,81,82)(H,83,84)/t68?,69-,70-,71-/m1/s1. The van der Waals surface area contributed by atoms with E-state index in [1.54, 1.807) is 0 Å². The van der Waals surface area contributed by atoms with Crippen LogP contribution in [0, 0.1) is 5.92 Å². The number of aliphatic hydroxyl groups excluding tert-OH is 1. The second kappa shape index (κ2) is 68.2. The van der Waals surface area contributed by atoms with Gasteiger partial charge in [0.25, 0.3) is 0 Å². The van der Waals surface area contributed by atoms with Crippen molar-refractivity contribution in [3.05, 3.63) is 0 Å². The molecule has 0 rings (SSSR count). The molecule has 0 heterocycles. The van der Waals surface area contributed by atoms with Crippen LogP contribution in [0.5, 0.6) is 0 Å². The molecule has 0 aliphatic rings. The number of hydrogen-bond donors (Lipinski definition) is 3. The molecule has 0 saturated carbocycles. The summed E-state index contributed by atoms with van der Waals surface area (Å²) in [6, 6.07) is 0. The van der Waals surface area contributed by atoms with Crippen LogP contribution < -0.4 is 0 Å². The van der Waals surface area contributed by atoms with Crippen LogP contribution in [0.1, 0.15) is 394 Å². The zero-order valence-electron chi connectivity index (χ0n) is 61.1. The molecule has 17 nitrogen and oxygen atoms in total. The molecule has 0 spiro atoms. The van der Waals surface area contributed by atoms with E-state index in [9.17, 15) is 43.2 Å². The minimum Gasteiger partial charge on any atom is -0.462 e. The van der Waals surface area contributed by atoms with Crippen molar-refractivity contribution in [1.82, 2.24) is 0 Å². The number of carbonyl (C=O) groups is 4. The summed E-state index contributed by atoms with van der Waals surface area (Å²) in [5, 5.41) is 10.6. The molecule has 558 valence electrons. The molecule has 0 aromatic heterocycles. The Hall–Kier alpha value is -1.94. The second-order valence-electron chi connectivity index (χ2n) is 27.3. The Morgan fingerprint density at radius 2 is 0.511 bits per heavy atom. The maximum atomic E-state index is 13.1. The molecule has 6 atom stereocenters. The van der Waals surface area contributed by atoms with Crippen LogP contribution in [-0.4, -0.2) is 96.7 Å². The van der Waals surface area contributed by atoms with Gasteiger partial charge in [0.05, 0.1) is 26.4 Å². The van der Waals surface area contributed by atoms with E-state index in [-0.39, 0.29) is 25.7 Å². The van der Waals surface area contributed by atoms with E-state index in [2.05, 4.69) is 34.6 Å². The lowest BCUT2D eigenvalue weighted by atomic mass is 10.00. The number of esters is 4. The fourth-order valence-corrected chi connectivity index (χ4v) is 13.1. The quantitative estimate of drug-likeness (QED) is 0.0222. The Morgan fingerprint density at radius 1 is 0.298 bits per heavy atom. The largest absolute Gasteiger partial charge is 0.472 e. The molecule has 3 unspecified atom stereocenters. The molecule has 19 heteroatoms. The number of carbonyl (C=O) groups excluding carboxylic acids is 4. The van der Waals surface area contributed by atoms with Gasteiger partial charge in [0.15, 0.2) is 12.2 Å². The summed E-state index contributed by atoms with van der Waals surface area (Å²) >= 11 is 0. The maximum Gasteiger partial charge on any atom is 0.472 e. The Kier molecular flexibility index (Phi) is 66.8. The van der Waals surface area contributed by atoms with Gasteiger partial charge in [-0.3, -0.25) is 37.3 Å². The van der Waals surface area contributed by atoms with Crippen LogP contribution in [0.2, 0.25) is 0 Å². The number of phosphoric ester groups is 2. The smallest absolute Gasteiger partial charge is 0.462 e. The van der Waals surface area contributed by atoms with Gasteiger partial charge >= 0.3 is 39.5 Å². The molecule has 0 bridgehead atoms. The zero-order valence-corrected chi connectivity index (χ0v) is 62.9. The van der Waals surface area contributed by atoms with Crippen molar-refractivity contribution < 1.29 is 80.2 Å². The van der Waals surface area contributed by atoms with Gasteiger partial charge in [-0.2, -0.15) is 0 Å². The van der Waals surface area contributed by atoms with E-state index in [0.29, 0.717) is 25.7 Å². The first kappa shape index (κ1) is 92.1. The number of rotatable bonds is 75. The summed E-state index contributed by atoms with van der Waals surface area (Å²) in [6.45, 7) is 7.24. The molecular formula is C75H146O17P2. The average Bonchev–Trinajstić information content (AvgIpc) is 1.47. The number of phosphoric acid groups is 2. The lowest BCUT2D eigenvalue weighted by Crippen LogP contribution is -2.30. The van der Waals surface area contributed by atoms with Crippen LogP contribution in [0.4, 0.5) is 0 Å². The highest BCUT2D eigenvalue weighted by Crippen LogP contribution is 2.45. The van der Waals surface area contributed by atoms with E-state index in [1.165, 1.54) is 212 Å². The third-order valence-electron chi connectivity index (χ3n) is 17.9. The molecule has 0 amide bonds. The second-order valence-corrected chi connectivity index (χ2v) is 30.2. The van der Waals surface area contributed by atoms with Crippen molar-refractivity contribution >= 4 is 39.5 Å². The summed E-state index contributed by atoms with van der Waals surface area (Å²) in [5.41, 5.74) is 0. The first-order valence-corrected chi connectivity index (χ1v) is 42.2. The highest BCUT2D eigenvalue weighted by Gasteiger charge is 2.30. The van der Waals surface area contributed by atoms with Crippen LogP contribution in [0.25, 0.3) is 0 Å². The van der Waals surface area contributed by atoms with Gasteiger partial charge in [-0.25, -0.2) is 9.13 Å². The molecule has 0 aromatic rings. The molecule has 0 radical (unpaired) electrons. The third kappa shape index (κ3) is 67.3. The number of aliphatic hydroxyl groups is 1. The Labute approximate surface area is 575 Å². The van der Waals surface area contributed by atoms with Crippen molar-refractivity contribution in [3.8, 4) is 0 Å². The molecule has 94 heavy (non-hydrogen) atoms. The number of hydrogen-bond acceptors (Lipinski definition) is 15. The summed E-state index contributed by atoms with van der Waals surface area (Å²) < 4.78 is 68.4. The van der Waals surface area contributed by atoms with E-state index >= 15 is 0 Å². The van der Waals surface area contributed by atoms with E-state index in [1.807, 2.05) is 0 Å². The molecule has 0 aromatic carbocycles. The topological polar surface area (TPSA) is 237 Å². The summed E-state index contributed by atoms with van der Waals surface area (Å²) in [4.78, 5) is 72.7. The van der Waals surface area contributed by atoms with Crippen molar-refractivity contribution in [2.24, 2.45) is 5.92 Å². The SMILES string of the molecule is CCCCCCCCCCCCCCCCCCCCCCC(=O)O[C@H](COC(=O)CCCCCCCCCCCCCCC)COP(=O)(O)OC[C@@H](O)COP(=O)(O)OC[C@@H](COC(=O)CCCCCCCCC(C)CC)OC(=O)CCCCCCCCCCCCC. The Bertz CT molecular complexity index is 1810. The predicted molar refractivity (Wildman–Crippen MR) is 382 cm³/mol. The van der Waals surface area contributed by atoms with Gasteiger partial charge in [0.1, 0.15) is 19.3 Å². The monoisotopic (exact) mass is 1380 g/mol. The maximum absolute atomic E-state index is 13.1. The normalized spacial score (nSPS) is 14.3. The lowest BCUT2D eigenvalue weighted by molar-refractivity contribution is -0.161. The Morgan fingerprint density at radius 3 is 0.755 bits per heavy atom. The Balaban J connectivity index is 5.20. The van der Waals surface area contributed by atoms with E-state index in [4.69, 9.17) is 37.0 Å². The first-order valence-electron chi connectivity index (χ1n) is 39.2. The molecule has 3 N–H and O–H groups in total. The fraction of sp³-hybridized carbons (Fsp3) is 0.947. The van der Waals surface area contributed by atoms with Crippen LogP contribution >= 0.6 is 15.6 Å². The minimum atomic E-state index is -4.96. The summed E-state index contributed by atoms with van der Waals surface area (Å²) in [7, 11) is -9.91. The summed E-state index contributed by atoms with van der Waals surface area (Å²) in [6.07, 6.45) is 56.9. The lowest BCUT2D eigenvalue weighted by Gasteiger charge is -2.21. The minimum absolute atomic E-state index is 0.106. The predicted octanol–water partition coefficient (Wildman–Crippen LogP) is 22.1. The molecule has 0 saturated heterocycles.